The van der Waals surface area contributed by atoms with Gasteiger partial charge in [0.2, 0.25) is 5.91 Å². The zero-order valence-corrected chi connectivity index (χ0v) is 14.9. The van der Waals surface area contributed by atoms with Gasteiger partial charge in [-0.3, -0.25) is 14.4 Å². The second-order valence-corrected chi connectivity index (χ2v) is 6.11. The molecule has 12 nitrogen and oxygen atoms in total. The molecule has 154 valence electrons. The summed E-state index contributed by atoms with van der Waals surface area (Å²) in [6.45, 7) is 2.51. The van der Waals surface area contributed by atoms with Crippen molar-refractivity contribution in [1.82, 2.24) is 5.32 Å². The summed E-state index contributed by atoms with van der Waals surface area (Å²) in [7, 11) is 0. The van der Waals surface area contributed by atoms with Crippen molar-refractivity contribution in [2.24, 2.45) is 0 Å². The van der Waals surface area contributed by atoms with Gasteiger partial charge >= 0.3 is 17.9 Å². The minimum atomic E-state index is -2.86. The van der Waals surface area contributed by atoms with E-state index in [1.165, 1.54) is 0 Å². The van der Waals surface area contributed by atoms with Crippen LogP contribution in [0.4, 0.5) is 0 Å². The van der Waals surface area contributed by atoms with E-state index >= 15 is 0 Å². The van der Waals surface area contributed by atoms with E-state index in [1.54, 1.807) is 0 Å². The normalized spacial score (nSPS) is 29.9. The first-order valence-corrected chi connectivity index (χ1v) is 7.94. The lowest BCUT2D eigenvalue weighted by Gasteiger charge is -2.45. The molecule has 6 atom stereocenters. The zero-order valence-electron chi connectivity index (χ0n) is 14.9. The second kappa shape index (κ2) is 9.08. The number of aliphatic hydroxyl groups excluding tert-OH is 2. The summed E-state index contributed by atoms with van der Waals surface area (Å²) in [6, 6.07) is -1.33. The number of carboxylic acid groups (broad SMARTS) is 1. The smallest absolute Gasteiger partial charge is 0.364 e. The Balaban J connectivity index is 3.25. The van der Waals surface area contributed by atoms with Crippen molar-refractivity contribution in [2.75, 3.05) is 6.61 Å². The van der Waals surface area contributed by atoms with E-state index in [4.69, 9.17) is 14.6 Å². The monoisotopic (exact) mass is 393 g/mol. The summed E-state index contributed by atoms with van der Waals surface area (Å²) in [4.78, 5) is 45.1. The van der Waals surface area contributed by atoms with Crippen LogP contribution in [0.15, 0.2) is 0 Å². The van der Waals surface area contributed by atoms with Crippen LogP contribution in [0, 0.1) is 0 Å². The molecule has 1 saturated heterocycles. The third-order valence-corrected chi connectivity index (χ3v) is 3.75. The van der Waals surface area contributed by atoms with Gasteiger partial charge in [0.15, 0.2) is 6.10 Å². The molecule has 0 aliphatic carbocycles. The Morgan fingerprint density at radius 3 is 2.26 bits per heavy atom. The molecule has 27 heavy (non-hydrogen) atoms. The van der Waals surface area contributed by atoms with Crippen LogP contribution in [0.3, 0.4) is 0 Å². The van der Waals surface area contributed by atoms with Crippen LogP contribution in [0.1, 0.15) is 27.2 Å². The average molecular weight is 393 g/mol. The molecule has 1 fully saturated rings. The minimum Gasteiger partial charge on any atom is -0.477 e. The van der Waals surface area contributed by atoms with Gasteiger partial charge in [0.25, 0.3) is 5.79 Å². The standard InChI is InChI=1S/C15H23NO11/c1-6(17)16-11-9(20)4-15(24,14(22)23)27-13(11)12(26-8(3)19)10(21)5-25-7(2)18/h9-13,20-21,24H,4-5H2,1-3H3,(H,16,17)(H,22,23)/t9-,10+,11+,12+,13+,15+/m0/s1. The van der Waals surface area contributed by atoms with E-state index in [-0.39, 0.29) is 0 Å². The summed E-state index contributed by atoms with van der Waals surface area (Å²) >= 11 is 0. The van der Waals surface area contributed by atoms with Crippen LogP contribution < -0.4 is 5.32 Å². The SMILES string of the molecule is CC(=O)N[C@H]1[C@H]([C@H](OC(C)=O)[C@H](O)COC(C)=O)O[C@@](O)(C(=O)O)C[C@@H]1O. The summed E-state index contributed by atoms with van der Waals surface area (Å²) in [6.07, 6.45) is -7.47. The number of aliphatic carboxylic acids is 1. The number of carboxylic acids is 1. The molecular weight excluding hydrogens is 370 g/mol. The highest BCUT2D eigenvalue weighted by molar-refractivity contribution is 5.76. The number of rotatable bonds is 7. The third-order valence-electron chi connectivity index (χ3n) is 3.75. The first-order valence-electron chi connectivity index (χ1n) is 7.94. The summed E-state index contributed by atoms with van der Waals surface area (Å²) in [5.74, 6) is -6.99. The van der Waals surface area contributed by atoms with Crippen LogP contribution in [0.25, 0.3) is 0 Å². The molecule has 0 aromatic carbocycles. The lowest BCUT2D eigenvalue weighted by molar-refractivity contribution is -0.296. The number of carbonyl (C=O) groups excluding carboxylic acids is 3. The molecule has 0 saturated carbocycles. The zero-order chi connectivity index (χ0) is 20.9. The van der Waals surface area contributed by atoms with Crippen molar-refractivity contribution < 1.29 is 53.8 Å². The van der Waals surface area contributed by atoms with E-state index in [0.717, 1.165) is 20.8 Å². The molecule has 5 N–H and O–H groups in total. The van der Waals surface area contributed by atoms with Crippen LogP contribution in [-0.4, -0.2) is 87.1 Å². The molecule has 12 heteroatoms. The fraction of sp³-hybridized carbons (Fsp3) is 0.733. The van der Waals surface area contributed by atoms with E-state index in [1.807, 2.05) is 0 Å². The van der Waals surface area contributed by atoms with E-state index in [2.05, 4.69) is 10.1 Å². The largest absolute Gasteiger partial charge is 0.477 e. The lowest BCUT2D eigenvalue weighted by Crippen LogP contribution is -2.67. The number of ether oxygens (including phenoxy) is 3. The van der Waals surface area contributed by atoms with Crippen LogP contribution in [-0.2, 0) is 33.4 Å². The predicted octanol–water partition coefficient (Wildman–Crippen LogP) is -2.73. The van der Waals surface area contributed by atoms with Gasteiger partial charge in [-0.2, -0.15) is 0 Å². The van der Waals surface area contributed by atoms with Crippen molar-refractivity contribution in [3.8, 4) is 0 Å². The second-order valence-electron chi connectivity index (χ2n) is 6.11. The topological polar surface area (TPSA) is 189 Å². The van der Waals surface area contributed by atoms with Gasteiger partial charge < -0.3 is 40.0 Å². The van der Waals surface area contributed by atoms with Crippen LogP contribution in [0.2, 0.25) is 0 Å². The quantitative estimate of drug-likeness (QED) is 0.282. The minimum absolute atomic E-state index is 0.635. The summed E-state index contributed by atoms with van der Waals surface area (Å²) in [5, 5.41) is 42.1. The van der Waals surface area contributed by atoms with Gasteiger partial charge in [0.1, 0.15) is 18.8 Å². The number of carbonyl (C=O) groups is 4. The molecule has 1 rings (SSSR count). The van der Waals surface area contributed by atoms with Crippen LogP contribution in [0.5, 0.6) is 0 Å². The maximum Gasteiger partial charge on any atom is 0.364 e. The van der Waals surface area contributed by atoms with Crippen molar-refractivity contribution in [3.63, 3.8) is 0 Å². The Bertz CT molecular complexity index is 594. The molecule has 0 unspecified atom stereocenters. The van der Waals surface area contributed by atoms with E-state index in [0.29, 0.717) is 0 Å². The van der Waals surface area contributed by atoms with Crippen molar-refractivity contribution in [2.45, 2.75) is 63.4 Å². The Hall–Kier alpha value is -2.28. The third kappa shape index (κ3) is 6.13. The molecule has 1 aliphatic heterocycles. The molecule has 0 radical (unpaired) electrons. The van der Waals surface area contributed by atoms with Gasteiger partial charge in [-0.15, -0.1) is 0 Å². The summed E-state index contributed by atoms with van der Waals surface area (Å²) in [5.41, 5.74) is 0. The number of aliphatic hydroxyl groups is 3. The molecule has 1 heterocycles. The Morgan fingerprint density at radius 2 is 1.81 bits per heavy atom. The van der Waals surface area contributed by atoms with Gasteiger partial charge in [0.05, 0.1) is 12.1 Å². The van der Waals surface area contributed by atoms with Gasteiger partial charge in [-0.25, -0.2) is 4.79 Å². The average Bonchev–Trinajstić information content (AvgIpc) is 2.52. The number of hydrogen-bond acceptors (Lipinski definition) is 10. The Morgan fingerprint density at radius 1 is 1.22 bits per heavy atom. The van der Waals surface area contributed by atoms with Crippen LogP contribution >= 0.6 is 0 Å². The lowest BCUT2D eigenvalue weighted by atomic mass is 9.88. The van der Waals surface area contributed by atoms with Gasteiger partial charge in [-0.1, -0.05) is 0 Å². The molecular formula is C15H23NO11. The van der Waals surface area contributed by atoms with Crippen molar-refractivity contribution in [3.05, 3.63) is 0 Å². The Kier molecular flexibility index (Phi) is 7.65. The highest BCUT2D eigenvalue weighted by atomic mass is 16.7. The maximum absolute atomic E-state index is 11.4. The fourth-order valence-electron chi connectivity index (χ4n) is 2.65. The summed E-state index contributed by atoms with van der Waals surface area (Å²) < 4.78 is 14.7. The maximum atomic E-state index is 11.4. The molecule has 0 aromatic rings. The van der Waals surface area contributed by atoms with Gasteiger partial charge in [0, 0.05) is 27.2 Å². The van der Waals surface area contributed by atoms with Gasteiger partial charge in [-0.05, 0) is 0 Å². The van der Waals surface area contributed by atoms with E-state index in [9.17, 15) is 34.5 Å². The highest BCUT2D eigenvalue weighted by Crippen LogP contribution is 2.31. The number of esters is 2. The number of hydrogen-bond donors (Lipinski definition) is 5. The predicted molar refractivity (Wildman–Crippen MR) is 83.9 cm³/mol. The molecule has 0 aromatic heterocycles. The first kappa shape index (κ1) is 22.8. The Labute approximate surface area is 154 Å². The number of amides is 1. The fourth-order valence-corrected chi connectivity index (χ4v) is 2.65. The number of nitrogens with one attached hydrogen (secondary N) is 1. The highest BCUT2D eigenvalue weighted by Gasteiger charge is 2.55. The molecule has 1 aliphatic rings. The van der Waals surface area contributed by atoms with Crippen molar-refractivity contribution >= 4 is 23.8 Å². The van der Waals surface area contributed by atoms with E-state index < -0.39 is 73.1 Å². The van der Waals surface area contributed by atoms with Crippen molar-refractivity contribution in [1.29, 1.82) is 0 Å². The first-order chi connectivity index (χ1) is 12.4. The molecule has 0 spiro atoms. The molecule has 0 bridgehead atoms. The molecule has 1 amide bonds.